The zero-order valence-electron chi connectivity index (χ0n) is 15.5. The molecule has 0 unspecified atom stereocenters. The molecule has 1 amide bonds. The molecule has 3 aromatic heterocycles. The van der Waals surface area contributed by atoms with Crippen molar-refractivity contribution in [2.45, 2.75) is 26.2 Å². The number of benzene rings is 1. The number of furan rings is 1. The Balaban J connectivity index is 1.67. The van der Waals surface area contributed by atoms with Crippen molar-refractivity contribution in [2.24, 2.45) is 0 Å². The van der Waals surface area contributed by atoms with Crippen LogP contribution in [0.15, 0.2) is 47.1 Å². The topological polar surface area (TPSA) is 82.4 Å². The first-order valence-electron chi connectivity index (χ1n) is 9.33. The van der Waals surface area contributed by atoms with Crippen LogP contribution in [0.25, 0.3) is 21.5 Å². The predicted octanol–water partition coefficient (Wildman–Crippen LogP) is 4.61. The van der Waals surface area contributed by atoms with Gasteiger partial charge in [-0.25, -0.2) is 0 Å². The largest absolute Gasteiger partial charge is 0.464 e. The highest BCUT2D eigenvalue weighted by Gasteiger charge is 2.31. The third-order valence-electron chi connectivity index (χ3n) is 5.35. The first-order valence-corrected chi connectivity index (χ1v) is 10.1. The average Bonchev–Trinajstić information content (AvgIpc) is 3.42. The van der Waals surface area contributed by atoms with Gasteiger partial charge in [0.05, 0.1) is 17.3 Å². The number of pyridine rings is 1. The second kappa shape index (κ2) is 6.49. The van der Waals surface area contributed by atoms with Crippen LogP contribution in [0.1, 0.15) is 32.9 Å². The molecule has 0 radical (unpaired) electrons. The van der Waals surface area contributed by atoms with Crippen molar-refractivity contribution < 1.29 is 14.2 Å². The van der Waals surface area contributed by atoms with Crippen LogP contribution in [-0.4, -0.2) is 5.91 Å². The number of fused-ring (bicyclic) bond motifs is 2. The summed E-state index contributed by atoms with van der Waals surface area (Å²) in [5.41, 5.74) is 12.3. The summed E-state index contributed by atoms with van der Waals surface area (Å²) in [4.78, 5) is 17.9. The van der Waals surface area contributed by atoms with Crippen LogP contribution >= 0.6 is 11.3 Å². The van der Waals surface area contributed by atoms with Gasteiger partial charge in [0.25, 0.3) is 10.7 Å². The Bertz CT molecular complexity index is 1210. The van der Waals surface area contributed by atoms with Gasteiger partial charge in [-0.2, -0.15) is 4.98 Å². The Morgan fingerprint density at radius 2 is 2.07 bits per heavy atom. The van der Waals surface area contributed by atoms with Crippen molar-refractivity contribution in [1.29, 1.82) is 0 Å². The van der Waals surface area contributed by atoms with Gasteiger partial charge in [0.2, 0.25) is 0 Å². The fraction of sp³-hybridized carbons (Fsp3) is 0.182. The monoisotopic (exact) mass is 390 g/mol. The molecule has 140 valence electrons. The van der Waals surface area contributed by atoms with Crippen molar-refractivity contribution in [3.8, 4) is 11.3 Å². The molecule has 0 atom stereocenters. The number of aryl methyl sites for hydroxylation is 2. The molecular weight excluding hydrogens is 370 g/mol. The average molecular weight is 390 g/mol. The first kappa shape index (κ1) is 17.0. The van der Waals surface area contributed by atoms with E-state index in [2.05, 4.69) is 10.3 Å². The third-order valence-corrected chi connectivity index (χ3v) is 6.47. The number of nitrogens with two attached hydrogens (primary N) is 1. The molecule has 0 saturated carbocycles. The Labute approximate surface area is 166 Å². The molecule has 0 saturated heterocycles. The number of hydrogen-bond acceptors (Lipinski definition) is 4. The van der Waals surface area contributed by atoms with Gasteiger partial charge in [-0.05, 0) is 43.5 Å². The van der Waals surface area contributed by atoms with Crippen molar-refractivity contribution in [1.82, 2.24) is 0 Å². The lowest BCUT2D eigenvalue weighted by atomic mass is 10.0. The maximum Gasteiger partial charge on any atom is 0.271 e. The van der Waals surface area contributed by atoms with Crippen molar-refractivity contribution in [3.05, 3.63) is 64.4 Å². The van der Waals surface area contributed by atoms with E-state index in [1.807, 2.05) is 43.3 Å². The maximum atomic E-state index is 13.0. The molecule has 1 aromatic carbocycles. The molecule has 1 aliphatic carbocycles. The summed E-state index contributed by atoms with van der Waals surface area (Å²) < 4.78 is 5.72. The molecule has 3 heterocycles. The first-order chi connectivity index (χ1) is 13.6. The molecule has 0 aliphatic heterocycles. The Morgan fingerprint density at radius 1 is 1.21 bits per heavy atom. The van der Waals surface area contributed by atoms with E-state index in [1.165, 1.54) is 22.6 Å². The van der Waals surface area contributed by atoms with Gasteiger partial charge >= 0.3 is 0 Å². The van der Waals surface area contributed by atoms with Crippen LogP contribution < -0.4 is 16.0 Å². The summed E-state index contributed by atoms with van der Waals surface area (Å²) in [5, 5.41) is 3.88. The summed E-state index contributed by atoms with van der Waals surface area (Å²) in [6.45, 7) is 1.97. The van der Waals surface area contributed by atoms with Gasteiger partial charge in [-0.3, -0.25) is 4.79 Å². The maximum absolute atomic E-state index is 13.0. The smallest absolute Gasteiger partial charge is 0.271 e. The second-order valence-corrected chi connectivity index (χ2v) is 8.13. The number of hydrogen-bond donors (Lipinski definition) is 2. The molecule has 0 bridgehead atoms. The van der Waals surface area contributed by atoms with Crippen LogP contribution in [0.4, 0.5) is 11.4 Å². The number of nitrogens with one attached hydrogen (secondary N) is 2. The number of aromatic nitrogens is 1. The fourth-order valence-corrected chi connectivity index (χ4v) is 5.03. The number of thiophene rings is 1. The lowest BCUT2D eigenvalue weighted by Crippen LogP contribution is -2.12. The number of para-hydroxylation sites is 1. The number of anilines is 2. The SMILES string of the molecule is Cc1ccccc1NC(=O)c1sc2[nH+]c3c(c(-c4ccco4)c2c1N)CCC3. The Hall–Kier alpha value is -3.12. The number of aromatic amines is 1. The number of carbonyl (C=O) groups excluding carboxylic acids is 1. The van der Waals surface area contributed by atoms with Gasteiger partial charge in [0.15, 0.2) is 5.69 Å². The normalized spacial score (nSPS) is 13.0. The molecular formula is C22H20N3O2S+. The van der Waals surface area contributed by atoms with E-state index in [4.69, 9.17) is 10.2 Å². The minimum absolute atomic E-state index is 0.188. The van der Waals surface area contributed by atoms with E-state index >= 15 is 0 Å². The standard InChI is InChI=1S/C22H19N3O2S/c1-12-6-2-3-8-14(12)24-21(26)20-19(23)18-17(16-10-5-11-27-16)13-7-4-9-15(13)25-22(18)28-20/h2-3,5-6,8,10-11H,4,7,9,23H2,1H3,(H,24,26)/p+1. The molecule has 0 fully saturated rings. The summed E-state index contributed by atoms with van der Waals surface area (Å²) in [5.74, 6) is 0.611. The Morgan fingerprint density at radius 3 is 2.86 bits per heavy atom. The molecule has 6 heteroatoms. The summed E-state index contributed by atoms with van der Waals surface area (Å²) >= 11 is 1.40. The number of rotatable bonds is 3. The molecule has 28 heavy (non-hydrogen) atoms. The minimum Gasteiger partial charge on any atom is -0.464 e. The van der Waals surface area contributed by atoms with Gasteiger partial charge in [0, 0.05) is 23.2 Å². The second-order valence-electron chi connectivity index (χ2n) is 7.11. The third kappa shape index (κ3) is 2.60. The van der Waals surface area contributed by atoms with E-state index in [1.54, 1.807) is 6.26 Å². The molecule has 5 rings (SSSR count). The van der Waals surface area contributed by atoms with Gasteiger partial charge in [0.1, 0.15) is 10.6 Å². The molecule has 4 N–H and O–H groups in total. The van der Waals surface area contributed by atoms with Crippen LogP contribution in [0.3, 0.4) is 0 Å². The molecule has 4 aromatic rings. The molecule has 1 aliphatic rings. The quantitative estimate of drug-likeness (QED) is 0.536. The minimum atomic E-state index is -0.188. The van der Waals surface area contributed by atoms with Gasteiger partial charge < -0.3 is 15.5 Å². The summed E-state index contributed by atoms with van der Waals surface area (Å²) in [6.07, 6.45) is 4.77. The van der Waals surface area contributed by atoms with E-state index in [-0.39, 0.29) is 5.91 Å². The fourth-order valence-electron chi connectivity index (χ4n) is 3.98. The number of carbonyl (C=O) groups is 1. The van der Waals surface area contributed by atoms with Crippen molar-refractivity contribution in [2.75, 3.05) is 11.1 Å². The molecule has 0 spiro atoms. The highest BCUT2D eigenvalue weighted by molar-refractivity contribution is 7.21. The number of amides is 1. The van der Waals surface area contributed by atoms with E-state index in [0.717, 1.165) is 52.1 Å². The Kier molecular flexibility index (Phi) is 3.94. The van der Waals surface area contributed by atoms with E-state index in [0.29, 0.717) is 10.6 Å². The van der Waals surface area contributed by atoms with Crippen molar-refractivity contribution >= 4 is 38.8 Å². The van der Waals surface area contributed by atoms with Crippen LogP contribution in [0.5, 0.6) is 0 Å². The zero-order valence-corrected chi connectivity index (χ0v) is 16.3. The lowest BCUT2D eigenvalue weighted by molar-refractivity contribution is -0.353. The predicted molar refractivity (Wildman–Crippen MR) is 112 cm³/mol. The van der Waals surface area contributed by atoms with E-state index < -0.39 is 0 Å². The highest BCUT2D eigenvalue weighted by Crippen LogP contribution is 2.43. The zero-order chi connectivity index (χ0) is 19.3. The summed E-state index contributed by atoms with van der Waals surface area (Å²) in [7, 11) is 0. The van der Waals surface area contributed by atoms with Gasteiger partial charge in [-0.15, -0.1) is 0 Å². The van der Waals surface area contributed by atoms with Gasteiger partial charge in [-0.1, -0.05) is 29.5 Å². The number of H-pyrrole nitrogens is 1. The van der Waals surface area contributed by atoms with Crippen LogP contribution in [0.2, 0.25) is 0 Å². The van der Waals surface area contributed by atoms with Crippen LogP contribution in [-0.2, 0) is 12.8 Å². The highest BCUT2D eigenvalue weighted by atomic mass is 32.1. The van der Waals surface area contributed by atoms with Crippen molar-refractivity contribution in [3.63, 3.8) is 0 Å². The van der Waals surface area contributed by atoms with E-state index in [9.17, 15) is 4.79 Å². The lowest BCUT2D eigenvalue weighted by Gasteiger charge is -2.07. The van der Waals surface area contributed by atoms with Crippen LogP contribution in [0, 0.1) is 6.92 Å². The molecule has 5 nitrogen and oxygen atoms in total. The number of nitrogen functional groups attached to an aromatic ring is 1. The summed E-state index contributed by atoms with van der Waals surface area (Å²) in [6, 6.07) is 11.6.